The molecule has 3 aromatic rings. The van der Waals surface area contributed by atoms with Crippen LogP contribution in [0.1, 0.15) is 26.2 Å². The third-order valence-corrected chi connectivity index (χ3v) is 4.85. The van der Waals surface area contributed by atoms with Crippen molar-refractivity contribution < 1.29 is 4.52 Å². The normalized spacial score (nSPS) is 15.7. The first kappa shape index (κ1) is 15.1. The number of hydrogen-bond acceptors (Lipinski definition) is 6. The van der Waals surface area contributed by atoms with E-state index in [1.165, 1.54) is 5.70 Å². The number of aryl methyl sites for hydroxylation is 1. The van der Waals surface area contributed by atoms with Crippen LogP contribution in [0.4, 0.5) is 5.13 Å². The van der Waals surface area contributed by atoms with Crippen molar-refractivity contribution in [3.63, 3.8) is 0 Å². The fourth-order valence-corrected chi connectivity index (χ4v) is 3.81. The SMILES string of the molecule is Cc1nc(-c2sc(NC3=CC(C)(C)C3)nc2-c2ccccc2)no1. The maximum absolute atomic E-state index is 5.15. The maximum atomic E-state index is 5.15. The molecule has 0 fully saturated rings. The molecule has 0 bridgehead atoms. The summed E-state index contributed by atoms with van der Waals surface area (Å²) in [6.45, 7) is 6.24. The standard InChI is InChI=1S/C18H18N4OS/c1-11-19-16(22-23-11)15-14(12-7-5-4-6-8-12)21-17(24-15)20-13-9-18(2,3)10-13/h4-9H,10H2,1-3H3,(H,20,21). The third kappa shape index (κ3) is 2.85. The predicted octanol–water partition coefficient (Wildman–Crippen LogP) is 4.89. The van der Waals surface area contributed by atoms with Gasteiger partial charge in [-0.25, -0.2) is 4.98 Å². The van der Waals surface area contributed by atoms with Crippen LogP contribution in [0.25, 0.3) is 22.0 Å². The minimum absolute atomic E-state index is 0.273. The number of allylic oxidation sites excluding steroid dienone is 2. The van der Waals surface area contributed by atoms with Gasteiger partial charge in [0.2, 0.25) is 11.7 Å². The monoisotopic (exact) mass is 338 g/mol. The number of benzene rings is 1. The van der Waals surface area contributed by atoms with Gasteiger partial charge in [-0.3, -0.25) is 0 Å². The van der Waals surface area contributed by atoms with Crippen molar-refractivity contribution in [2.24, 2.45) is 5.41 Å². The van der Waals surface area contributed by atoms with E-state index in [2.05, 4.69) is 35.4 Å². The van der Waals surface area contributed by atoms with Crippen LogP contribution in [0.15, 0.2) is 46.6 Å². The second kappa shape index (κ2) is 5.56. The summed E-state index contributed by atoms with van der Waals surface area (Å²) in [4.78, 5) is 10.1. The number of aromatic nitrogens is 3. The van der Waals surface area contributed by atoms with Crippen LogP contribution in [0.3, 0.4) is 0 Å². The van der Waals surface area contributed by atoms with Crippen LogP contribution < -0.4 is 5.32 Å². The highest BCUT2D eigenvalue weighted by Gasteiger charge is 2.28. The van der Waals surface area contributed by atoms with E-state index in [-0.39, 0.29) is 5.41 Å². The Bertz CT molecular complexity index is 908. The molecule has 1 aliphatic rings. The molecule has 2 aromatic heterocycles. The topological polar surface area (TPSA) is 63.8 Å². The Labute approximate surface area is 144 Å². The zero-order valence-electron chi connectivity index (χ0n) is 13.8. The van der Waals surface area contributed by atoms with E-state index in [1.807, 2.05) is 30.3 Å². The van der Waals surface area contributed by atoms with E-state index in [0.29, 0.717) is 11.7 Å². The Hall–Kier alpha value is -2.47. The van der Waals surface area contributed by atoms with E-state index in [1.54, 1.807) is 18.3 Å². The van der Waals surface area contributed by atoms with E-state index in [9.17, 15) is 0 Å². The Morgan fingerprint density at radius 2 is 1.92 bits per heavy atom. The van der Waals surface area contributed by atoms with Gasteiger partial charge in [0.1, 0.15) is 4.88 Å². The lowest BCUT2D eigenvalue weighted by molar-refractivity contribution is 0.394. The molecule has 0 amide bonds. The minimum Gasteiger partial charge on any atom is -0.339 e. The van der Waals surface area contributed by atoms with Crippen molar-refractivity contribution in [1.29, 1.82) is 0 Å². The molecule has 0 spiro atoms. The first-order valence-corrected chi connectivity index (χ1v) is 8.67. The quantitative estimate of drug-likeness (QED) is 0.733. The zero-order chi connectivity index (χ0) is 16.7. The average Bonchev–Trinajstić information content (AvgIpc) is 3.12. The smallest absolute Gasteiger partial charge is 0.223 e. The molecule has 0 atom stereocenters. The number of thiazole rings is 1. The molecular formula is C18H18N4OS. The molecule has 6 heteroatoms. The summed E-state index contributed by atoms with van der Waals surface area (Å²) in [5.74, 6) is 1.13. The van der Waals surface area contributed by atoms with E-state index < -0.39 is 0 Å². The Balaban J connectivity index is 1.74. The molecule has 0 aliphatic heterocycles. The van der Waals surface area contributed by atoms with Gasteiger partial charge in [0.25, 0.3) is 0 Å². The largest absolute Gasteiger partial charge is 0.339 e. The van der Waals surface area contributed by atoms with Gasteiger partial charge in [0.15, 0.2) is 5.13 Å². The lowest BCUT2D eigenvalue weighted by atomic mass is 9.78. The highest BCUT2D eigenvalue weighted by Crippen LogP contribution is 2.42. The fraction of sp³-hybridized carbons (Fsp3) is 0.278. The first-order valence-electron chi connectivity index (χ1n) is 7.86. The minimum atomic E-state index is 0.273. The molecule has 1 N–H and O–H groups in total. The van der Waals surface area contributed by atoms with Crippen LogP contribution >= 0.6 is 11.3 Å². The Kier molecular flexibility index (Phi) is 3.49. The molecule has 0 saturated carbocycles. The molecule has 5 nitrogen and oxygen atoms in total. The lowest BCUT2D eigenvalue weighted by Crippen LogP contribution is -2.23. The number of rotatable bonds is 4. The summed E-state index contributed by atoms with van der Waals surface area (Å²) in [5.41, 5.74) is 3.41. The van der Waals surface area contributed by atoms with Crippen molar-refractivity contribution in [2.45, 2.75) is 27.2 Å². The van der Waals surface area contributed by atoms with Gasteiger partial charge in [0.05, 0.1) is 5.69 Å². The molecule has 0 saturated heterocycles. The summed E-state index contributed by atoms with van der Waals surface area (Å²) >= 11 is 1.55. The van der Waals surface area contributed by atoms with E-state index >= 15 is 0 Å². The van der Waals surface area contributed by atoms with Gasteiger partial charge >= 0.3 is 0 Å². The maximum Gasteiger partial charge on any atom is 0.223 e. The molecule has 1 aromatic carbocycles. The first-order chi connectivity index (χ1) is 11.5. The van der Waals surface area contributed by atoms with Crippen LogP contribution in [-0.4, -0.2) is 15.1 Å². The fourth-order valence-electron chi connectivity index (χ4n) is 2.86. The van der Waals surface area contributed by atoms with Crippen LogP contribution in [0.5, 0.6) is 0 Å². The lowest BCUT2D eigenvalue weighted by Gasteiger charge is -2.32. The molecule has 0 radical (unpaired) electrons. The van der Waals surface area contributed by atoms with Gasteiger partial charge in [-0.05, 0) is 11.8 Å². The zero-order valence-corrected chi connectivity index (χ0v) is 14.6. The van der Waals surface area contributed by atoms with Gasteiger partial charge in [-0.15, -0.1) is 0 Å². The predicted molar refractivity (Wildman–Crippen MR) is 95.7 cm³/mol. The van der Waals surface area contributed by atoms with Crippen molar-refractivity contribution in [3.8, 4) is 22.0 Å². The summed E-state index contributed by atoms with van der Waals surface area (Å²) in [6.07, 6.45) is 3.28. The molecule has 4 rings (SSSR count). The highest BCUT2D eigenvalue weighted by molar-refractivity contribution is 7.19. The van der Waals surface area contributed by atoms with Crippen molar-refractivity contribution >= 4 is 16.5 Å². The summed E-state index contributed by atoms with van der Waals surface area (Å²) in [6, 6.07) is 10.1. The summed E-state index contributed by atoms with van der Waals surface area (Å²) in [5, 5.41) is 8.34. The van der Waals surface area contributed by atoms with Gasteiger partial charge in [-0.2, -0.15) is 4.98 Å². The Morgan fingerprint density at radius 1 is 1.17 bits per heavy atom. The number of anilines is 1. The molecule has 24 heavy (non-hydrogen) atoms. The summed E-state index contributed by atoms with van der Waals surface area (Å²) in [7, 11) is 0. The van der Waals surface area contributed by atoms with Crippen molar-refractivity contribution in [3.05, 3.63) is 48.0 Å². The van der Waals surface area contributed by atoms with Crippen LogP contribution in [0, 0.1) is 12.3 Å². The molecular weight excluding hydrogens is 320 g/mol. The van der Waals surface area contributed by atoms with E-state index in [4.69, 9.17) is 9.51 Å². The third-order valence-electron chi connectivity index (χ3n) is 3.88. The second-order valence-electron chi connectivity index (χ2n) is 6.66. The highest BCUT2D eigenvalue weighted by atomic mass is 32.1. The molecule has 2 heterocycles. The van der Waals surface area contributed by atoms with Crippen molar-refractivity contribution in [2.75, 3.05) is 5.32 Å². The summed E-state index contributed by atoms with van der Waals surface area (Å²) < 4.78 is 5.15. The van der Waals surface area contributed by atoms with Crippen molar-refractivity contribution in [1.82, 2.24) is 15.1 Å². The number of hydrogen-bond donors (Lipinski definition) is 1. The number of nitrogens with zero attached hydrogens (tertiary/aromatic N) is 3. The molecule has 1 aliphatic carbocycles. The number of nitrogens with one attached hydrogen (secondary N) is 1. The second-order valence-corrected chi connectivity index (χ2v) is 7.66. The molecule has 122 valence electrons. The van der Waals surface area contributed by atoms with E-state index in [0.717, 1.165) is 27.7 Å². The van der Waals surface area contributed by atoms with Crippen LogP contribution in [-0.2, 0) is 0 Å². The Morgan fingerprint density at radius 3 is 2.54 bits per heavy atom. The molecule has 0 unspecified atom stereocenters. The van der Waals surface area contributed by atoms with Gasteiger partial charge < -0.3 is 9.84 Å². The van der Waals surface area contributed by atoms with Crippen LogP contribution in [0.2, 0.25) is 0 Å². The van der Waals surface area contributed by atoms with Gasteiger partial charge in [0, 0.05) is 18.2 Å². The van der Waals surface area contributed by atoms with Gasteiger partial charge in [-0.1, -0.05) is 66.7 Å². The average molecular weight is 338 g/mol.